The van der Waals surface area contributed by atoms with E-state index in [2.05, 4.69) is 29.4 Å². The lowest BCUT2D eigenvalue weighted by Gasteiger charge is -2.08. The van der Waals surface area contributed by atoms with Crippen molar-refractivity contribution in [1.82, 2.24) is 10.2 Å². The Kier molecular flexibility index (Phi) is 6.49. The molecule has 0 radical (unpaired) electrons. The van der Waals surface area contributed by atoms with Gasteiger partial charge in [0.1, 0.15) is 5.01 Å². The minimum atomic E-state index is -0.183. The molecule has 0 saturated heterocycles. The summed E-state index contributed by atoms with van der Waals surface area (Å²) in [5, 5.41) is 12.9. The van der Waals surface area contributed by atoms with Gasteiger partial charge in [-0.1, -0.05) is 85.8 Å². The van der Waals surface area contributed by atoms with E-state index >= 15 is 0 Å². The number of carbonyl (C=O) groups is 1. The molecule has 0 saturated carbocycles. The number of amides is 1. The zero-order chi connectivity index (χ0) is 19.1. The number of anilines is 1. The third kappa shape index (κ3) is 4.89. The van der Waals surface area contributed by atoms with Crippen LogP contribution in [0.2, 0.25) is 0 Å². The van der Waals surface area contributed by atoms with E-state index in [0.29, 0.717) is 16.6 Å². The SMILES string of the molecule is CCC(CC)c1nnc(NC(=O)/C(=C\c2ccccc2)c2ccccc2)s1. The van der Waals surface area contributed by atoms with E-state index in [0.717, 1.165) is 29.0 Å². The second-order valence-electron chi connectivity index (χ2n) is 6.25. The molecule has 3 aromatic rings. The van der Waals surface area contributed by atoms with E-state index in [-0.39, 0.29) is 5.91 Å². The molecule has 1 aromatic heterocycles. The van der Waals surface area contributed by atoms with Crippen LogP contribution in [0.3, 0.4) is 0 Å². The number of nitrogens with one attached hydrogen (secondary N) is 1. The number of carbonyl (C=O) groups excluding carboxylic acids is 1. The highest BCUT2D eigenvalue weighted by Gasteiger charge is 2.17. The van der Waals surface area contributed by atoms with Crippen LogP contribution in [0.15, 0.2) is 60.7 Å². The predicted octanol–water partition coefficient (Wildman–Crippen LogP) is 5.62. The minimum Gasteiger partial charge on any atom is -0.296 e. The first-order chi connectivity index (χ1) is 13.2. The molecule has 0 spiro atoms. The smallest absolute Gasteiger partial charge is 0.258 e. The first kappa shape index (κ1) is 19.0. The van der Waals surface area contributed by atoms with Gasteiger partial charge >= 0.3 is 0 Å². The van der Waals surface area contributed by atoms with Crippen LogP contribution < -0.4 is 5.32 Å². The first-order valence-electron chi connectivity index (χ1n) is 9.18. The normalized spacial score (nSPS) is 11.6. The molecule has 0 atom stereocenters. The second kappa shape index (κ2) is 9.24. The third-order valence-corrected chi connectivity index (χ3v) is 5.44. The van der Waals surface area contributed by atoms with Crippen LogP contribution in [0.1, 0.15) is 48.7 Å². The Balaban J connectivity index is 1.87. The largest absolute Gasteiger partial charge is 0.296 e. The van der Waals surface area contributed by atoms with E-state index in [1.54, 1.807) is 0 Å². The van der Waals surface area contributed by atoms with Gasteiger partial charge in [0, 0.05) is 11.5 Å². The van der Waals surface area contributed by atoms with Crippen LogP contribution >= 0.6 is 11.3 Å². The van der Waals surface area contributed by atoms with Crippen molar-refractivity contribution < 1.29 is 4.79 Å². The van der Waals surface area contributed by atoms with Gasteiger partial charge in [-0.3, -0.25) is 10.1 Å². The molecule has 27 heavy (non-hydrogen) atoms. The first-order valence-corrected chi connectivity index (χ1v) is 9.99. The lowest BCUT2D eigenvalue weighted by Crippen LogP contribution is -2.13. The molecule has 1 N–H and O–H groups in total. The summed E-state index contributed by atoms with van der Waals surface area (Å²) in [6, 6.07) is 19.5. The number of hydrogen-bond acceptors (Lipinski definition) is 4. The van der Waals surface area contributed by atoms with Gasteiger partial charge in [-0.15, -0.1) is 10.2 Å². The van der Waals surface area contributed by atoms with Crippen molar-refractivity contribution in [2.45, 2.75) is 32.6 Å². The van der Waals surface area contributed by atoms with Gasteiger partial charge in [0.15, 0.2) is 0 Å². The number of rotatable bonds is 7. The van der Waals surface area contributed by atoms with Gasteiger partial charge in [0.2, 0.25) is 5.13 Å². The molecule has 0 unspecified atom stereocenters. The monoisotopic (exact) mass is 377 g/mol. The summed E-state index contributed by atoms with van der Waals surface area (Å²) in [5.74, 6) is 0.207. The zero-order valence-corrected chi connectivity index (χ0v) is 16.4. The Bertz CT molecular complexity index is 900. The fourth-order valence-electron chi connectivity index (χ4n) is 2.87. The van der Waals surface area contributed by atoms with Gasteiger partial charge in [-0.2, -0.15) is 0 Å². The summed E-state index contributed by atoms with van der Waals surface area (Å²) in [6.45, 7) is 4.29. The van der Waals surface area contributed by atoms with E-state index < -0.39 is 0 Å². The highest BCUT2D eigenvalue weighted by Crippen LogP contribution is 2.29. The summed E-state index contributed by atoms with van der Waals surface area (Å²) in [5.41, 5.74) is 2.44. The minimum absolute atomic E-state index is 0.183. The Hall–Kier alpha value is -2.79. The molecule has 5 heteroatoms. The van der Waals surface area contributed by atoms with Crippen molar-refractivity contribution in [1.29, 1.82) is 0 Å². The fraction of sp³-hybridized carbons (Fsp3) is 0.227. The van der Waals surface area contributed by atoms with Crippen molar-refractivity contribution in [3.05, 3.63) is 76.8 Å². The van der Waals surface area contributed by atoms with Gasteiger partial charge in [-0.05, 0) is 30.0 Å². The molecule has 2 aromatic carbocycles. The summed E-state index contributed by atoms with van der Waals surface area (Å²) >= 11 is 1.46. The molecule has 3 rings (SSSR count). The third-order valence-electron chi connectivity index (χ3n) is 4.44. The number of benzene rings is 2. The summed E-state index contributed by atoms with van der Waals surface area (Å²) in [7, 11) is 0. The Labute approximate surface area is 164 Å². The molecule has 0 aliphatic carbocycles. The van der Waals surface area contributed by atoms with Crippen LogP contribution in [0, 0.1) is 0 Å². The molecule has 0 aliphatic rings. The van der Waals surface area contributed by atoms with Crippen molar-refractivity contribution in [2.24, 2.45) is 0 Å². The van der Waals surface area contributed by atoms with Crippen molar-refractivity contribution >= 4 is 34.0 Å². The second-order valence-corrected chi connectivity index (χ2v) is 7.26. The maximum Gasteiger partial charge on any atom is 0.258 e. The van der Waals surface area contributed by atoms with E-state index in [9.17, 15) is 4.79 Å². The molecule has 1 amide bonds. The van der Waals surface area contributed by atoms with E-state index in [1.807, 2.05) is 66.7 Å². The topological polar surface area (TPSA) is 54.9 Å². The lowest BCUT2D eigenvalue weighted by molar-refractivity contribution is -0.111. The molecule has 138 valence electrons. The maximum atomic E-state index is 13.0. The van der Waals surface area contributed by atoms with Gasteiger partial charge in [0.25, 0.3) is 5.91 Å². The van der Waals surface area contributed by atoms with Crippen LogP contribution in [0.25, 0.3) is 11.6 Å². The molecule has 4 nitrogen and oxygen atoms in total. The molecule has 0 bridgehead atoms. The summed E-state index contributed by atoms with van der Waals surface area (Å²) in [6.07, 6.45) is 3.93. The number of hydrogen-bond donors (Lipinski definition) is 1. The lowest BCUT2D eigenvalue weighted by atomic mass is 10.0. The molecular weight excluding hydrogens is 354 g/mol. The van der Waals surface area contributed by atoms with Gasteiger partial charge < -0.3 is 0 Å². The fourth-order valence-corrected chi connectivity index (χ4v) is 3.87. The predicted molar refractivity (Wildman–Crippen MR) is 113 cm³/mol. The molecule has 0 fully saturated rings. The quantitative estimate of drug-likeness (QED) is 0.429. The Morgan fingerprint density at radius 1 is 1.00 bits per heavy atom. The Morgan fingerprint density at radius 2 is 1.63 bits per heavy atom. The van der Waals surface area contributed by atoms with Crippen molar-refractivity contribution in [3.63, 3.8) is 0 Å². The highest BCUT2D eigenvalue weighted by molar-refractivity contribution is 7.15. The maximum absolute atomic E-state index is 13.0. The highest BCUT2D eigenvalue weighted by atomic mass is 32.1. The standard InChI is InChI=1S/C22H23N3OS/c1-3-17(4-2)21-24-25-22(27-21)23-20(26)19(18-13-9-6-10-14-18)15-16-11-7-5-8-12-16/h5-15,17H,3-4H2,1-2H3,(H,23,25,26)/b19-15-. The van der Waals surface area contributed by atoms with Crippen molar-refractivity contribution in [3.8, 4) is 0 Å². The average Bonchev–Trinajstić information content (AvgIpc) is 3.16. The van der Waals surface area contributed by atoms with E-state index in [1.165, 1.54) is 11.3 Å². The van der Waals surface area contributed by atoms with Gasteiger partial charge in [-0.25, -0.2) is 0 Å². The molecule has 1 heterocycles. The average molecular weight is 378 g/mol. The summed E-state index contributed by atoms with van der Waals surface area (Å²) < 4.78 is 0. The van der Waals surface area contributed by atoms with E-state index in [4.69, 9.17) is 0 Å². The zero-order valence-electron chi connectivity index (χ0n) is 15.6. The molecule has 0 aliphatic heterocycles. The van der Waals surface area contributed by atoms with Gasteiger partial charge in [0.05, 0.1) is 0 Å². The summed E-state index contributed by atoms with van der Waals surface area (Å²) in [4.78, 5) is 13.0. The van der Waals surface area contributed by atoms with Crippen LogP contribution in [0.5, 0.6) is 0 Å². The van der Waals surface area contributed by atoms with Crippen LogP contribution in [-0.4, -0.2) is 16.1 Å². The number of nitrogens with zero attached hydrogens (tertiary/aromatic N) is 2. The van der Waals surface area contributed by atoms with Crippen molar-refractivity contribution in [2.75, 3.05) is 5.32 Å². The van der Waals surface area contributed by atoms with Crippen LogP contribution in [-0.2, 0) is 4.79 Å². The number of aromatic nitrogens is 2. The molecular formula is C22H23N3OS. The van der Waals surface area contributed by atoms with Crippen LogP contribution in [0.4, 0.5) is 5.13 Å². The Morgan fingerprint density at radius 3 is 2.26 bits per heavy atom.